The van der Waals surface area contributed by atoms with Crippen molar-refractivity contribution < 1.29 is 4.79 Å². The van der Waals surface area contributed by atoms with Crippen LogP contribution in [0.3, 0.4) is 0 Å². The summed E-state index contributed by atoms with van der Waals surface area (Å²) in [6.45, 7) is 10.4. The highest BCUT2D eigenvalue weighted by Crippen LogP contribution is 2.41. The second kappa shape index (κ2) is 8.03. The molecule has 0 bridgehead atoms. The highest BCUT2D eigenvalue weighted by molar-refractivity contribution is 7.13. The van der Waals surface area contributed by atoms with Crippen LogP contribution < -0.4 is 0 Å². The van der Waals surface area contributed by atoms with Crippen molar-refractivity contribution in [2.45, 2.75) is 58.2 Å². The molecule has 1 unspecified atom stereocenters. The number of carbonyl (C=O) groups is 1. The molecule has 1 saturated carbocycles. The summed E-state index contributed by atoms with van der Waals surface area (Å²) in [7, 11) is 0. The summed E-state index contributed by atoms with van der Waals surface area (Å²) in [5.41, 5.74) is 4.32. The van der Waals surface area contributed by atoms with E-state index in [-0.39, 0.29) is 6.04 Å². The molecule has 32 heavy (non-hydrogen) atoms. The molecule has 0 aromatic carbocycles. The second-order valence-electron chi connectivity index (χ2n) is 10.1. The van der Waals surface area contributed by atoms with Crippen LogP contribution in [0.5, 0.6) is 0 Å². The first-order valence-electron chi connectivity index (χ1n) is 12.2. The van der Waals surface area contributed by atoms with E-state index in [1.165, 1.54) is 22.7 Å². The maximum Gasteiger partial charge on any atom is 0.225 e. The van der Waals surface area contributed by atoms with Gasteiger partial charge in [0.05, 0.1) is 6.04 Å². The average molecular weight is 452 g/mol. The van der Waals surface area contributed by atoms with Crippen LogP contribution in [0.15, 0.2) is 29.1 Å². The molecule has 7 heteroatoms. The Labute approximate surface area is 194 Å². The first-order chi connectivity index (χ1) is 15.6. The van der Waals surface area contributed by atoms with Gasteiger partial charge in [-0.2, -0.15) is 5.10 Å². The zero-order chi connectivity index (χ0) is 21.8. The Morgan fingerprint density at radius 3 is 2.72 bits per heavy atom. The van der Waals surface area contributed by atoms with Crippen LogP contribution in [-0.4, -0.2) is 76.6 Å². The number of nitrogens with zero attached hydrogens (tertiary/aromatic N) is 5. The van der Waals surface area contributed by atoms with E-state index in [0.717, 1.165) is 58.4 Å². The van der Waals surface area contributed by atoms with Crippen molar-refractivity contribution in [2.75, 3.05) is 32.7 Å². The molecule has 1 amide bonds. The van der Waals surface area contributed by atoms with E-state index in [1.54, 1.807) is 10.4 Å². The molecular formula is C25H33N5OS. The molecule has 6 rings (SSSR count). The lowest BCUT2D eigenvalue weighted by atomic mass is 10.0. The Hall–Kier alpha value is -2.12. The van der Waals surface area contributed by atoms with Crippen molar-refractivity contribution in [1.29, 1.82) is 0 Å². The summed E-state index contributed by atoms with van der Waals surface area (Å²) in [5.74, 6) is 0.705. The van der Waals surface area contributed by atoms with Gasteiger partial charge >= 0.3 is 0 Å². The third-order valence-electron chi connectivity index (χ3n) is 7.65. The molecule has 1 aromatic heterocycles. The van der Waals surface area contributed by atoms with Crippen LogP contribution in [-0.2, 0) is 17.8 Å². The Balaban J connectivity index is 1.13. The highest BCUT2D eigenvalue weighted by Gasteiger charge is 2.37. The number of hydrogen-bond donors (Lipinski definition) is 0. The quantitative estimate of drug-likeness (QED) is 0.704. The molecule has 4 aliphatic heterocycles. The molecule has 5 aliphatic rings. The summed E-state index contributed by atoms with van der Waals surface area (Å²) in [5, 5.41) is 6.82. The summed E-state index contributed by atoms with van der Waals surface area (Å²) in [6, 6.07) is 3.33. The van der Waals surface area contributed by atoms with E-state index in [4.69, 9.17) is 0 Å². The number of rotatable bonds is 4. The minimum atomic E-state index is 0.284. The molecule has 1 aliphatic carbocycles. The van der Waals surface area contributed by atoms with Crippen LogP contribution in [0.1, 0.15) is 48.4 Å². The maximum absolute atomic E-state index is 12.4. The summed E-state index contributed by atoms with van der Waals surface area (Å²) >= 11 is 1.98. The first-order valence-corrected chi connectivity index (χ1v) is 13.0. The van der Waals surface area contributed by atoms with Gasteiger partial charge in [0.15, 0.2) is 0 Å². The number of thiophene rings is 1. The van der Waals surface area contributed by atoms with Gasteiger partial charge in [0.1, 0.15) is 0 Å². The zero-order valence-corrected chi connectivity index (χ0v) is 20.0. The molecule has 2 fully saturated rings. The third-order valence-corrected chi connectivity index (χ3v) is 8.89. The monoisotopic (exact) mass is 451 g/mol. The van der Waals surface area contributed by atoms with E-state index < -0.39 is 0 Å². The van der Waals surface area contributed by atoms with Gasteiger partial charge in [-0.05, 0) is 56.4 Å². The predicted octanol–water partition coefficient (Wildman–Crippen LogP) is 3.37. The number of amides is 1. The number of carbonyl (C=O) groups excluding carboxylic acids is 1. The number of allylic oxidation sites excluding steroid dienone is 1. The predicted molar refractivity (Wildman–Crippen MR) is 129 cm³/mol. The van der Waals surface area contributed by atoms with Crippen LogP contribution in [0.2, 0.25) is 0 Å². The Bertz CT molecular complexity index is 996. The van der Waals surface area contributed by atoms with Gasteiger partial charge in [0, 0.05) is 85.5 Å². The fraction of sp³-hybridized carbons (Fsp3) is 0.600. The van der Waals surface area contributed by atoms with Crippen LogP contribution in [0.25, 0.3) is 5.57 Å². The van der Waals surface area contributed by atoms with Crippen molar-refractivity contribution in [1.82, 2.24) is 19.7 Å². The van der Waals surface area contributed by atoms with Crippen molar-refractivity contribution in [3.8, 4) is 0 Å². The highest BCUT2D eigenvalue weighted by atomic mass is 32.1. The van der Waals surface area contributed by atoms with Gasteiger partial charge < -0.3 is 9.80 Å². The van der Waals surface area contributed by atoms with Crippen molar-refractivity contribution in [2.24, 2.45) is 11.0 Å². The van der Waals surface area contributed by atoms with E-state index in [2.05, 4.69) is 57.0 Å². The molecule has 1 aromatic rings. The van der Waals surface area contributed by atoms with E-state index in [0.29, 0.717) is 17.9 Å². The molecule has 0 spiro atoms. The van der Waals surface area contributed by atoms with Gasteiger partial charge in [-0.25, -0.2) is 0 Å². The summed E-state index contributed by atoms with van der Waals surface area (Å²) in [6.07, 6.45) is 10.7. The van der Waals surface area contributed by atoms with E-state index in [1.807, 2.05) is 17.6 Å². The minimum absolute atomic E-state index is 0.284. The summed E-state index contributed by atoms with van der Waals surface area (Å²) < 4.78 is 0. The van der Waals surface area contributed by atoms with Gasteiger partial charge in [-0.3, -0.25) is 14.7 Å². The lowest BCUT2D eigenvalue weighted by Gasteiger charge is -2.41. The third kappa shape index (κ3) is 3.69. The van der Waals surface area contributed by atoms with Gasteiger partial charge in [0.25, 0.3) is 0 Å². The fourth-order valence-electron chi connectivity index (χ4n) is 5.45. The number of hydrazone groups is 1. The zero-order valence-electron chi connectivity index (χ0n) is 19.2. The smallest absolute Gasteiger partial charge is 0.225 e. The van der Waals surface area contributed by atoms with Gasteiger partial charge in [-0.1, -0.05) is 0 Å². The molecule has 1 atom stereocenters. The van der Waals surface area contributed by atoms with E-state index in [9.17, 15) is 4.79 Å². The Morgan fingerprint density at radius 1 is 1.16 bits per heavy atom. The Kier molecular flexibility index (Phi) is 5.14. The van der Waals surface area contributed by atoms with Gasteiger partial charge in [0.2, 0.25) is 5.91 Å². The van der Waals surface area contributed by atoms with Crippen LogP contribution in [0.4, 0.5) is 0 Å². The standard InChI is InChI=1S/C25H33N5OS/c1-17(2)29-8-6-19-14-23(32-24(19)16-29)20-13-22-21(5-7-26-30(22)15-20)27-9-11-28(12-10-27)25(31)18-3-4-18/h5,7,14-15,17-18,22H,3-4,6,8-13,16H2,1-2H3. The van der Waals surface area contributed by atoms with Crippen LogP contribution >= 0.6 is 11.3 Å². The SMILES string of the molecule is CC(C)N1CCc2cc(C3=CN4N=CC=C(N5CCN(C(=O)C6CC6)CC5)C4C3)sc2C1. The van der Waals surface area contributed by atoms with E-state index >= 15 is 0 Å². The molecule has 5 heterocycles. The fourth-order valence-corrected chi connectivity index (χ4v) is 6.70. The molecular weight excluding hydrogens is 418 g/mol. The number of hydrogen-bond acceptors (Lipinski definition) is 6. The minimum Gasteiger partial charge on any atom is -0.369 e. The summed E-state index contributed by atoms with van der Waals surface area (Å²) in [4.78, 5) is 22.5. The molecule has 1 saturated heterocycles. The van der Waals surface area contributed by atoms with Crippen molar-refractivity contribution in [3.63, 3.8) is 0 Å². The molecule has 170 valence electrons. The number of fused-ring (bicyclic) bond motifs is 2. The molecule has 6 nitrogen and oxygen atoms in total. The largest absolute Gasteiger partial charge is 0.369 e. The maximum atomic E-state index is 12.4. The number of piperazine rings is 1. The lowest BCUT2D eigenvalue weighted by molar-refractivity contribution is -0.134. The first kappa shape index (κ1) is 20.5. The van der Waals surface area contributed by atoms with Gasteiger partial charge in [-0.15, -0.1) is 11.3 Å². The molecule has 0 radical (unpaired) electrons. The Morgan fingerprint density at radius 2 is 1.97 bits per heavy atom. The van der Waals surface area contributed by atoms with Crippen molar-refractivity contribution >= 4 is 29.0 Å². The van der Waals surface area contributed by atoms with Crippen molar-refractivity contribution in [3.05, 3.63) is 39.4 Å². The van der Waals surface area contributed by atoms with Crippen LogP contribution in [0, 0.1) is 5.92 Å². The second-order valence-corrected chi connectivity index (χ2v) is 11.2. The normalized spacial score (nSPS) is 25.7. The average Bonchev–Trinajstić information content (AvgIpc) is 3.42. The topological polar surface area (TPSA) is 42.4 Å². The lowest BCUT2D eigenvalue weighted by Crippen LogP contribution is -2.51. The molecule has 0 N–H and O–H groups in total.